The molecule has 0 unspecified atom stereocenters. The first-order valence-corrected chi connectivity index (χ1v) is 7.29. The van der Waals surface area contributed by atoms with Crippen molar-refractivity contribution in [1.29, 1.82) is 0 Å². The monoisotopic (exact) mass is 271 g/mol. The molecular weight excluding hydrogens is 250 g/mol. The Morgan fingerprint density at radius 1 is 1.30 bits per heavy atom. The number of H-pyrrole nitrogens is 1. The second-order valence-electron chi connectivity index (χ2n) is 5.52. The number of amides is 1. The summed E-state index contributed by atoms with van der Waals surface area (Å²) in [5, 5.41) is 4.49. The summed E-state index contributed by atoms with van der Waals surface area (Å²) >= 11 is 0. The fourth-order valence-electron chi connectivity index (χ4n) is 2.82. The molecule has 1 aromatic carbocycles. The molecule has 4 heteroatoms. The number of fused-ring (bicyclic) bond motifs is 1. The van der Waals surface area contributed by atoms with Gasteiger partial charge in [0.05, 0.1) is 6.42 Å². The van der Waals surface area contributed by atoms with E-state index in [9.17, 15) is 4.79 Å². The molecule has 0 radical (unpaired) electrons. The van der Waals surface area contributed by atoms with Gasteiger partial charge in [-0.05, 0) is 37.1 Å². The Hall–Kier alpha value is -1.81. The van der Waals surface area contributed by atoms with Gasteiger partial charge in [0.1, 0.15) is 0 Å². The van der Waals surface area contributed by atoms with Crippen LogP contribution in [0.15, 0.2) is 24.4 Å². The Labute approximate surface area is 119 Å². The topological polar surface area (TPSA) is 48.1 Å². The standard InChI is InChI=1S/C16H21N3O/c1-12-3-4-14-13(11-18-15(14)9-12)10-16(20)19-7-2-5-17-6-8-19/h3-4,9,11,17-18H,2,5-8,10H2,1H3. The van der Waals surface area contributed by atoms with Crippen molar-refractivity contribution in [3.05, 3.63) is 35.5 Å². The zero-order chi connectivity index (χ0) is 13.9. The molecule has 1 aliphatic heterocycles. The van der Waals surface area contributed by atoms with E-state index in [1.807, 2.05) is 11.1 Å². The Bertz CT molecular complexity index is 609. The predicted molar refractivity (Wildman–Crippen MR) is 80.8 cm³/mol. The van der Waals surface area contributed by atoms with Crippen molar-refractivity contribution in [3.63, 3.8) is 0 Å². The summed E-state index contributed by atoms with van der Waals surface area (Å²) in [7, 11) is 0. The average molecular weight is 271 g/mol. The van der Waals surface area contributed by atoms with E-state index in [4.69, 9.17) is 0 Å². The van der Waals surface area contributed by atoms with Crippen LogP contribution in [-0.2, 0) is 11.2 Å². The van der Waals surface area contributed by atoms with Crippen LogP contribution < -0.4 is 5.32 Å². The molecule has 106 valence electrons. The summed E-state index contributed by atoms with van der Waals surface area (Å²) in [6.07, 6.45) is 3.50. The van der Waals surface area contributed by atoms with Crippen LogP contribution in [0.4, 0.5) is 0 Å². The lowest BCUT2D eigenvalue weighted by Crippen LogP contribution is -2.35. The van der Waals surface area contributed by atoms with Crippen molar-refractivity contribution in [1.82, 2.24) is 15.2 Å². The third-order valence-corrected chi connectivity index (χ3v) is 3.96. The van der Waals surface area contributed by atoms with Gasteiger partial charge in [-0.2, -0.15) is 0 Å². The fourth-order valence-corrected chi connectivity index (χ4v) is 2.82. The van der Waals surface area contributed by atoms with Gasteiger partial charge in [0.25, 0.3) is 0 Å². The van der Waals surface area contributed by atoms with Crippen molar-refractivity contribution in [3.8, 4) is 0 Å². The number of hydrogen-bond acceptors (Lipinski definition) is 2. The first kappa shape index (κ1) is 13.2. The van der Waals surface area contributed by atoms with Gasteiger partial charge in [-0.15, -0.1) is 0 Å². The highest BCUT2D eigenvalue weighted by atomic mass is 16.2. The van der Waals surface area contributed by atoms with Crippen LogP contribution in [0.1, 0.15) is 17.5 Å². The largest absolute Gasteiger partial charge is 0.361 e. The number of aromatic nitrogens is 1. The molecule has 1 fully saturated rings. The Morgan fingerprint density at radius 3 is 3.10 bits per heavy atom. The normalized spacial score (nSPS) is 16.4. The molecule has 3 rings (SSSR count). The SMILES string of the molecule is Cc1ccc2c(CC(=O)N3CCCNCC3)c[nH]c2c1. The summed E-state index contributed by atoms with van der Waals surface area (Å²) in [6, 6.07) is 6.33. The molecule has 0 aliphatic carbocycles. The molecule has 0 atom stereocenters. The molecule has 4 nitrogen and oxygen atoms in total. The van der Waals surface area contributed by atoms with Gasteiger partial charge < -0.3 is 15.2 Å². The molecule has 1 amide bonds. The van der Waals surface area contributed by atoms with Gasteiger partial charge in [-0.25, -0.2) is 0 Å². The Balaban J connectivity index is 1.76. The number of carbonyl (C=O) groups excluding carboxylic acids is 1. The molecule has 1 aliphatic rings. The highest BCUT2D eigenvalue weighted by Crippen LogP contribution is 2.20. The number of aryl methyl sites for hydroxylation is 1. The van der Waals surface area contributed by atoms with E-state index in [0.717, 1.165) is 49.1 Å². The summed E-state index contributed by atoms with van der Waals surface area (Å²) in [6.45, 7) is 5.68. The van der Waals surface area contributed by atoms with Crippen molar-refractivity contribution < 1.29 is 4.79 Å². The highest BCUT2D eigenvalue weighted by molar-refractivity contribution is 5.89. The average Bonchev–Trinajstić information content (AvgIpc) is 2.66. The van der Waals surface area contributed by atoms with E-state index >= 15 is 0 Å². The number of aromatic amines is 1. The predicted octanol–water partition coefficient (Wildman–Crippen LogP) is 1.84. The van der Waals surface area contributed by atoms with Crippen LogP contribution >= 0.6 is 0 Å². The zero-order valence-electron chi connectivity index (χ0n) is 11.9. The van der Waals surface area contributed by atoms with E-state index < -0.39 is 0 Å². The summed E-state index contributed by atoms with van der Waals surface area (Å²) in [5.74, 6) is 0.232. The van der Waals surface area contributed by atoms with Crippen molar-refractivity contribution in [2.75, 3.05) is 26.2 Å². The molecule has 0 bridgehead atoms. The summed E-state index contributed by atoms with van der Waals surface area (Å²) < 4.78 is 0. The maximum atomic E-state index is 12.4. The molecular formula is C16H21N3O. The number of rotatable bonds is 2. The lowest BCUT2D eigenvalue weighted by Gasteiger charge is -2.19. The number of nitrogens with one attached hydrogen (secondary N) is 2. The first-order chi connectivity index (χ1) is 9.74. The maximum Gasteiger partial charge on any atom is 0.227 e. The van der Waals surface area contributed by atoms with Gasteiger partial charge in [-0.1, -0.05) is 12.1 Å². The number of benzene rings is 1. The zero-order valence-corrected chi connectivity index (χ0v) is 11.9. The quantitative estimate of drug-likeness (QED) is 0.875. The van der Waals surface area contributed by atoms with E-state index in [-0.39, 0.29) is 5.91 Å². The number of hydrogen-bond donors (Lipinski definition) is 2. The molecule has 1 saturated heterocycles. The van der Waals surface area contributed by atoms with Gasteiger partial charge in [-0.3, -0.25) is 4.79 Å². The van der Waals surface area contributed by atoms with E-state index in [2.05, 4.69) is 35.4 Å². The second kappa shape index (κ2) is 5.67. The van der Waals surface area contributed by atoms with Crippen LogP contribution in [0.3, 0.4) is 0 Å². The molecule has 2 N–H and O–H groups in total. The van der Waals surface area contributed by atoms with Crippen molar-refractivity contribution in [2.45, 2.75) is 19.8 Å². The molecule has 1 aromatic heterocycles. The third-order valence-electron chi connectivity index (χ3n) is 3.96. The van der Waals surface area contributed by atoms with Crippen LogP contribution in [0.25, 0.3) is 10.9 Å². The lowest BCUT2D eigenvalue weighted by molar-refractivity contribution is -0.130. The van der Waals surface area contributed by atoms with Crippen LogP contribution in [-0.4, -0.2) is 42.0 Å². The molecule has 2 heterocycles. The highest BCUT2D eigenvalue weighted by Gasteiger charge is 2.17. The number of nitrogens with zero attached hydrogens (tertiary/aromatic N) is 1. The van der Waals surface area contributed by atoms with Gasteiger partial charge in [0.2, 0.25) is 5.91 Å². The maximum absolute atomic E-state index is 12.4. The van der Waals surface area contributed by atoms with Crippen LogP contribution in [0, 0.1) is 6.92 Å². The van der Waals surface area contributed by atoms with Crippen molar-refractivity contribution in [2.24, 2.45) is 0 Å². The minimum Gasteiger partial charge on any atom is -0.361 e. The first-order valence-electron chi connectivity index (χ1n) is 7.29. The number of carbonyl (C=O) groups is 1. The summed E-state index contributed by atoms with van der Waals surface area (Å²) in [4.78, 5) is 17.7. The fraction of sp³-hybridized carbons (Fsp3) is 0.438. The van der Waals surface area contributed by atoms with E-state index in [1.165, 1.54) is 5.56 Å². The third kappa shape index (κ3) is 2.70. The lowest BCUT2D eigenvalue weighted by atomic mass is 10.1. The smallest absolute Gasteiger partial charge is 0.227 e. The molecule has 0 saturated carbocycles. The van der Waals surface area contributed by atoms with Crippen LogP contribution in [0.2, 0.25) is 0 Å². The van der Waals surface area contributed by atoms with Gasteiger partial charge in [0, 0.05) is 36.7 Å². The van der Waals surface area contributed by atoms with Crippen molar-refractivity contribution >= 4 is 16.8 Å². The Morgan fingerprint density at radius 2 is 2.20 bits per heavy atom. The summed E-state index contributed by atoms with van der Waals surface area (Å²) in [5.41, 5.74) is 3.45. The molecule has 0 spiro atoms. The Kier molecular flexibility index (Phi) is 3.74. The van der Waals surface area contributed by atoms with E-state index in [0.29, 0.717) is 6.42 Å². The van der Waals surface area contributed by atoms with Gasteiger partial charge in [0.15, 0.2) is 0 Å². The molecule has 20 heavy (non-hydrogen) atoms. The van der Waals surface area contributed by atoms with E-state index in [1.54, 1.807) is 0 Å². The van der Waals surface area contributed by atoms with Crippen LogP contribution in [0.5, 0.6) is 0 Å². The molecule has 2 aromatic rings. The van der Waals surface area contributed by atoms with Gasteiger partial charge >= 0.3 is 0 Å². The minimum absolute atomic E-state index is 0.232. The second-order valence-corrected chi connectivity index (χ2v) is 5.52. The minimum atomic E-state index is 0.232.